The van der Waals surface area contributed by atoms with Crippen LogP contribution >= 0.6 is 0 Å². The Morgan fingerprint density at radius 2 is 1.84 bits per heavy atom. The van der Waals surface area contributed by atoms with Gasteiger partial charge in [-0.1, -0.05) is 66.0 Å². The third kappa shape index (κ3) is 5.98. The summed E-state index contributed by atoms with van der Waals surface area (Å²) in [4.78, 5) is 54.7. The summed E-state index contributed by atoms with van der Waals surface area (Å²) in [5.74, 6) is 0.626. The topological polar surface area (TPSA) is 114 Å². The van der Waals surface area contributed by atoms with Crippen LogP contribution in [0.4, 0.5) is 4.79 Å². The van der Waals surface area contributed by atoms with Gasteiger partial charge in [-0.25, -0.2) is 9.80 Å². The Kier molecular flexibility index (Phi) is 8.33. The fourth-order valence-corrected chi connectivity index (χ4v) is 4.88. The van der Waals surface area contributed by atoms with Gasteiger partial charge in [0.2, 0.25) is 11.8 Å². The molecule has 0 bridgehead atoms. The van der Waals surface area contributed by atoms with Crippen LogP contribution in [0.15, 0.2) is 54.6 Å². The fraction of sp³-hybridized carbons (Fsp3) is 0.333. The second-order valence-corrected chi connectivity index (χ2v) is 9.21. The van der Waals surface area contributed by atoms with Crippen LogP contribution in [0.5, 0.6) is 0 Å². The number of aliphatic carboxylic acids is 1. The molecular weight excluding hydrogens is 485 g/mol. The van der Waals surface area contributed by atoms with E-state index < -0.39 is 30.1 Å². The second-order valence-electron chi connectivity index (χ2n) is 9.21. The minimum absolute atomic E-state index is 0.00219. The van der Waals surface area contributed by atoms with Crippen LogP contribution in [-0.2, 0) is 27.5 Å². The van der Waals surface area contributed by atoms with E-state index in [-0.39, 0.29) is 51.5 Å². The molecule has 2 aliphatic heterocycles. The summed E-state index contributed by atoms with van der Waals surface area (Å²) in [6.45, 7) is 0.224. The maximum Gasteiger partial charge on any atom is 0.334 e. The van der Waals surface area contributed by atoms with Crippen LogP contribution < -0.4 is 10.8 Å². The molecule has 194 valence electrons. The highest BCUT2D eigenvalue weighted by atomic mass is 16.4. The van der Waals surface area contributed by atoms with E-state index in [0.29, 0.717) is 5.46 Å². The van der Waals surface area contributed by atoms with Crippen molar-refractivity contribution < 1.29 is 24.3 Å². The summed E-state index contributed by atoms with van der Waals surface area (Å²) in [5.41, 5.74) is 2.19. The smallest absolute Gasteiger partial charge is 0.334 e. The van der Waals surface area contributed by atoms with Crippen molar-refractivity contribution in [2.24, 2.45) is 0 Å². The standard InChI is InChI=1S/C27H28BN5O5/c1-2-13-31-18-24(34)32-22(11-12-25(35)36)26(37)30(16-20-9-6-10-21(28)14-20)17-23(32)33(31)27(38)29-15-19-7-4-3-5-8-19/h1,3-10,14,22-23H,11-13,15-18H2,(H,29,38)(H,35,36)/t22-,23-/m0/s1. The minimum atomic E-state index is -1.09. The van der Waals surface area contributed by atoms with Crippen molar-refractivity contribution >= 4 is 37.1 Å². The van der Waals surface area contributed by atoms with Gasteiger partial charge < -0.3 is 20.2 Å². The minimum Gasteiger partial charge on any atom is -0.481 e. The van der Waals surface area contributed by atoms with Crippen molar-refractivity contribution in [3.05, 3.63) is 65.7 Å². The van der Waals surface area contributed by atoms with Gasteiger partial charge in [0.1, 0.15) is 20.1 Å². The number of hydrogen-bond acceptors (Lipinski definition) is 5. The maximum atomic E-state index is 13.6. The summed E-state index contributed by atoms with van der Waals surface area (Å²) in [7, 11) is 5.92. The van der Waals surface area contributed by atoms with Crippen LogP contribution in [0.25, 0.3) is 0 Å². The number of piperazine rings is 1. The zero-order valence-electron chi connectivity index (χ0n) is 20.8. The largest absolute Gasteiger partial charge is 0.481 e. The highest BCUT2D eigenvalue weighted by Crippen LogP contribution is 2.29. The van der Waals surface area contributed by atoms with Gasteiger partial charge >= 0.3 is 12.0 Å². The number of carbonyl (C=O) groups is 4. The molecule has 2 heterocycles. The highest BCUT2D eigenvalue weighted by Gasteiger charge is 2.51. The summed E-state index contributed by atoms with van der Waals surface area (Å²) >= 11 is 0. The molecule has 2 aromatic carbocycles. The molecule has 2 fully saturated rings. The number of amides is 4. The van der Waals surface area contributed by atoms with Crippen LogP contribution in [0.1, 0.15) is 24.0 Å². The van der Waals surface area contributed by atoms with Crippen molar-refractivity contribution in [2.45, 2.75) is 38.1 Å². The molecule has 4 amide bonds. The number of urea groups is 1. The van der Waals surface area contributed by atoms with E-state index in [4.69, 9.17) is 14.3 Å². The highest BCUT2D eigenvalue weighted by molar-refractivity contribution is 6.32. The molecule has 2 aliphatic rings. The summed E-state index contributed by atoms with van der Waals surface area (Å²) in [6, 6.07) is 14.9. The fourth-order valence-electron chi connectivity index (χ4n) is 4.88. The quantitative estimate of drug-likeness (QED) is 0.388. The summed E-state index contributed by atoms with van der Waals surface area (Å²) < 4.78 is 0. The molecule has 2 saturated heterocycles. The molecule has 0 unspecified atom stereocenters. The number of hydrogen-bond donors (Lipinski definition) is 2. The zero-order valence-corrected chi connectivity index (χ0v) is 20.8. The van der Waals surface area contributed by atoms with E-state index in [1.54, 1.807) is 18.2 Å². The molecule has 38 heavy (non-hydrogen) atoms. The lowest BCUT2D eigenvalue weighted by Crippen LogP contribution is -2.76. The molecular formula is C27H28BN5O5. The lowest BCUT2D eigenvalue weighted by atomic mass is 9.94. The van der Waals surface area contributed by atoms with Crippen LogP contribution in [-0.4, -0.2) is 88.4 Å². The van der Waals surface area contributed by atoms with E-state index in [1.807, 2.05) is 36.4 Å². The van der Waals surface area contributed by atoms with Gasteiger partial charge in [-0.3, -0.25) is 14.4 Å². The Hall–Kier alpha value is -4.30. The van der Waals surface area contributed by atoms with Gasteiger partial charge in [0.05, 0.1) is 19.6 Å². The van der Waals surface area contributed by atoms with Crippen molar-refractivity contribution in [1.29, 1.82) is 0 Å². The van der Waals surface area contributed by atoms with Crippen molar-refractivity contribution in [2.75, 3.05) is 19.6 Å². The lowest BCUT2D eigenvalue weighted by molar-refractivity contribution is -0.190. The van der Waals surface area contributed by atoms with Gasteiger partial charge in [-0.2, -0.15) is 5.01 Å². The first kappa shape index (κ1) is 26.8. The Bertz CT molecular complexity index is 1250. The van der Waals surface area contributed by atoms with E-state index in [0.717, 1.165) is 11.1 Å². The van der Waals surface area contributed by atoms with Gasteiger partial charge in [-0.05, 0) is 17.5 Å². The average Bonchev–Trinajstić information content (AvgIpc) is 2.88. The van der Waals surface area contributed by atoms with E-state index in [2.05, 4.69) is 11.2 Å². The summed E-state index contributed by atoms with van der Waals surface area (Å²) in [5, 5.41) is 15.0. The number of carboxylic acids is 1. The average molecular weight is 513 g/mol. The molecule has 11 heteroatoms. The van der Waals surface area contributed by atoms with Crippen molar-refractivity contribution in [1.82, 2.24) is 25.1 Å². The predicted molar refractivity (Wildman–Crippen MR) is 139 cm³/mol. The van der Waals surface area contributed by atoms with Crippen molar-refractivity contribution in [3.63, 3.8) is 0 Å². The molecule has 0 aromatic heterocycles. The molecule has 2 radical (unpaired) electrons. The number of rotatable bonds is 8. The number of terminal acetylenes is 1. The summed E-state index contributed by atoms with van der Waals surface area (Å²) in [6.07, 6.45) is 4.28. The lowest BCUT2D eigenvalue weighted by Gasteiger charge is -2.54. The molecule has 0 aliphatic carbocycles. The Labute approximate surface area is 222 Å². The molecule has 2 N–H and O–H groups in total. The number of nitrogens with zero attached hydrogens (tertiary/aromatic N) is 4. The first-order valence-corrected chi connectivity index (χ1v) is 12.2. The van der Waals surface area contributed by atoms with E-state index in [1.165, 1.54) is 19.8 Å². The van der Waals surface area contributed by atoms with E-state index in [9.17, 15) is 24.3 Å². The molecule has 2 aromatic rings. The third-order valence-corrected chi connectivity index (χ3v) is 6.55. The number of benzene rings is 2. The Morgan fingerprint density at radius 3 is 2.53 bits per heavy atom. The zero-order chi connectivity index (χ0) is 27.2. The Morgan fingerprint density at radius 1 is 1.11 bits per heavy atom. The molecule has 10 nitrogen and oxygen atoms in total. The van der Waals surface area contributed by atoms with Crippen LogP contribution in [0.3, 0.4) is 0 Å². The SMILES string of the molecule is [B]c1cccc(CN2C[C@H]3N(C(=O)CN(CC#C)N3C(=O)NCc3ccccc3)[C@@H](CCC(=O)O)C2=O)c1. The number of carboxylic acid groups (broad SMARTS) is 1. The number of nitrogens with one attached hydrogen (secondary N) is 1. The normalized spacial score (nSPS) is 19.6. The van der Waals surface area contributed by atoms with Gasteiger partial charge in [0.15, 0.2) is 0 Å². The first-order valence-electron chi connectivity index (χ1n) is 12.2. The maximum absolute atomic E-state index is 13.6. The van der Waals surface area contributed by atoms with Gasteiger partial charge in [0.25, 0.3) is 0 Å². The molecule has 2 atom stereocenters. The van der Waals surface area contributed by atoms with Crippen molar-refractivity contribution in [3.8, 4) is 12.3 Å². The third-order valence-electron chi connectivity index (χ3n) is 6.55. The number of carbonyl (C=O) groups excluding carboxylic acids is 3. The molecule has 0 spiro atoms. The van der Waals surface area contributed by atoms with Crippen LogP contribution in [0.2, 0.25) is 0 Å². The van der Waals surface area contributed by atoms with Gasteiger partial charge in [0, 0.05) is 19.5 Å². The predicted octanol–water partition coefficient (Wildman–Crippen LogP) is 0.286. The monoisotopic (exact) mass is 513 g/mol. The van der Waals surface area contributed by atoms with Crippen LogP contribution in [0, 0.1) is 12.3 Å². The second kappa shape index (κ2) is 11.8. The molecule has 0 saturated carbocycles. The molecule has 4 rings (SSSR count). The number of fused-ring (bicyclic) bond motifs is 1. The number of hydrazine groups is 1. The Balaban J connectivity index is 1.66. The first-order chi connectivity index (χ1) is 18.3. The van der Waals surface area contributed by atoms with Gasteiger partial charge in [-0.15, -0.1) is 6.42 Å². The van der Waals surface area contributed by atoms with E-state index >= 15 is 0 Å².